The number of hydrogen-bond donors (Lipinski definition) is 1. The second-order valence-corrected chi connectivity index (χ2v) is 8.20. The molecule has 1 fully saturated rings. The van der Waals surface area contributed by atoms with Gasteiger partial charge < -0.3 is 14.9 Å². The van der Waals surface area contributed by atoms with Crippen LogP contribution >= 0.6 is 23.2 Å². The summed E-state index contributed by atoms with van der Waals surface area (Å²) in [5, 5.41) is 11.6. The van der Waals surface area contributed by atoms with Gasteiger partial charge in [-0.1, -0.05) is 42.3 Å². The van der Waals surface area contributed by atoms with Crippen molar-refractivity contribution in [3.63, 3.8) is 0 Å². The number of hydrogen-bond acceptors (Lipinski definition) is 4. The number of carbonyl (C=O) groups excluding carboxylic acids is 2. The number of rotatable bonds is 7. The summed E-state index contributed by atoms with van der Waals surface area (Å²) in [5.41, 5.74) is 2.23. The normalized spacial score (nSPS) is 18.0. The van der Waals surface area contributed by atoms with Crippen molar-refractivity contribution in [1.82, 2.24) is 4.90 Å². The van der Waals surface area contributed by atoms with Gasteiger partial charge in [0.25, 0.3) is 11.7 Å². The molecular formula is C24H26Cl2N2O3. The molecule has 0 aromatic heterocycles. The Kier molecular flexibility index (Phi) is 7.29. The van der Waals surface area contributed by atoms with Crippen LogP contribution in [0.2, 0.25) is 10.0 Å². The van der Waals surface area contributed by atoms with Crippen LogP contribution in [-0.2, 0) is 9.59 Å². The number of ketones is 1. The number of likely N-dealkylation sites (tertiary alicyclic amines) is 1. The number of nitrogens with zero attached hydrogens (tertiary/aromatic N) is 2. The molecule has 7 heteroatoms. The predicted molar refractivity (Wildman–Crippen MR) is 126 cm³/mol. The Balaban J connectivity index is 2.13. The minimum absolute atomic E-state index is 0.0624. The number of amides is 1. The molecule has 2 aromatic rings. The fourth-order valence-corrected chi connectivity index (χ4v) is 4.25. The number of benzene rings is 2. The van der Waals surface area contributed by atoms with Crippen LogP contribution in [0.15, 0.2) is 48.0 Å². The zero-order chi connectivity index (χ0) is 22.7. The Morgan fingerprint density at radius 3 is 2.19 bits per heavy atom. The first kappa shape index (κ1) is 23.2. The fraction of sp³-hybridized carbons (Fsp3) is 0.333. The number of aliphatic hydroxyl groups is 1. The van der Waals surface area contributed by atoms with Crippen molar-refractivity contribution >= 4 is 46.3 Å². The molecule has 0 spiro atoms. The van der Waals surface area contributed by atoms with Crippen LogP contribution in [0.3, 0.4) is 0 Å². The van der Waals surface area contributed by atoms with E-state index in [1.807, 2.05) is 31.2 Å². The first-order valence-corrected chi connectivity index (χ1v) is 11.2. The van der Waals surface area contributed by atoms with E-state index in [1.165, 1.54) is 11.0 Å². The van der Waals surface area contributed by atoms with E-state index >= 15 is 0 Å². The van der Waals surface area contributed by atoms with Crippen molar-refractivity contribution in [1.29, 1.82) is 0 Å². The summed E-state index contributed by atoms with van der Waals surface area (Å²) in [7, 11) is 0. The average Bonchev–Trinajstić information content (AvgIpc) is 3.02. The van der Waals surface area contributed by atoms with Gasteiger partial charge in [0.05, 0.1) is 21.7 Å². The predicted octanol–water partition coefficient (Wildman–Crippen LogP) is 5.67. The smallest absolute Gasteiger partial charge is 0.295 e. The van der Waals surface area contributed by atoms with Gasteiger partial charge in [0, 0.05) is 30.9 Å². The van der Waals surface area contributed by atoms with E-state index in [-0.39, 0.29) is 16.4 Å². The van der Waals surface area contributed by atoms with Gasteiger partial charge >= 0.3 is 0 Å². The number of Topliss-reactive ketones (excluding diaryl/α,β-unsaturated/α-hetero) is 1. The number of carbonyl (C=O) groups is 2. The van der Waals surface area contributed by atoms with Crippen molar-refractivity contribution in [3.05, 3.63) is 69.2 Å². The molecule has 164 valence electrons. The fourth-order valence-electron chi connectivity index (χ4n) is 3.95. The zero-order valence-electron chi connectivity index (χ0n) is 17.9. The zero-order valence-corrected chi connectivity index (χ0v) is 19.4. The lowest BCUT2D eigenvalue weighted by Crippen LogP contribution is -2.30. The molecule has 1 atom stereocenters. The van der Waals surface area contributed by atoms with Gasteiger partial charge in [-0.25, -0.2) is 0 Å². The van der Waals surface area contributed by atoms with Crippen LogP contribution in [-0.4, -0.2) is 41.3 Å². The third-order valence-electron chi connectivity index (χ3n) is 5.53. The van der Waals surface area contributed by atoms with Crippen LogP contribution in [0, 0.1) is 0 Å². The third kappa shape index (κ3) is 4.43. The van der Waals surface area contributed by atoms with Crippen molar-refractivity contribution in [2.24, 2.45) is 0 Å². The maximum atomic E-state index is 12.9. The van der Waals surface area contributed by atoms with Gasteiger partial charge in [-0.05, 0) is 56.2 Å². The summed E-state index contributed by atoms with van der Waals surface area (Å²) in [6.45, 7) is 8.28. The molecule has 0 aliphatic carbocycles. The molecule has 0 radical (unpaired) electrons. The van der Waals surface area contributed by atoms with Crippen LogP contribution in [0.4, 0.5) is 5.69 Å². The van der Waals surface area contributed by atoms with Gasteiger partial charge in [0.1, 0.15) is 5.76 Å². The highest BCUT2D eigenvalue weighted by Crippen LogP contribution is 2.40. The number of halogens is 2. The van der Waals surface area contributed by atoms with Crippen molar-refractivity contribution in [2.75, 3.05) is 24.5 Å². The summed E-state index contributed by atoms with van der Waals surface area (Å²) in [4.78, 5) is 29.5. The van der Waals surface area contributed by atoms with E-state index in [0.29, 0.717) is 23.6 Å². The monoisotopic (exact) mass is 460 g/mol. The van der Waals surface area contributed by atoms with Gasteiger partial charge in [-0.3, -0.25) is 9.59 Å². The molecule has 2 aromatic carbocycles. The third-order valence-corrected chi connectivity index (χ3v) is 6.27. The van der Waals surface area contributed by atoms with E-state index in [4.69, 9.17) is 23.2 Å². The molecule has 1 saturated heterocycles. The Bertz CT molecular complexity index is 1010. The van der Waals surface area contributed by atoms with Gasteiger partial charge in [0.15, 0.2) is 0 Å². The highest BCUT2D eigenvalue weighted by Gasteiger charge is 2.45. The second-order valence-electron chi connectivity index (χ2n) is 7.39. The van der Waals surface area contributed by atoms with E-state index in [9.17, 15) is 14.7 Å². The lowest BCUT2D eigenvalue weighted by atomic mass is 9.95. The first-order valence-electron chi connectivity index (χ1n) is 10.4. The van der Waals surface area contributed by atoms with Crippen molar-refractivity contribution in [3.8, 4) is 0 Å². The molecule has 3 rings (SSSR count). The van der Waals surface area contributed by atoms with Crippen LogP contribution in [0.1, 0.15) is 44.4 Å². The number of aliphatic hydroxyl groups excluding tert-OH is 1. The van der Waals surface area contributed by atoms with Gasteiger partial charge in [-0.15, -0.1) is 0 Å². The van der Waals surface area contributed by atoms with Gasteiger partial charge in [0.2, 0.25) is 0 Å². The van der Waals surface area contributed by atoms with E-state index in [2.05, 4.69) is 18.7 Å². The Morgan fingerprint density at radius 2 is 1.65 bits per heavy atom. The molecule has 0 bridgehead atoms. The summed E-state index contributed by atoms with van der Waals surface area (Å²) >= 11 is 12.1. The van der Waals surface area contributed by atoms with Crippen LogP contribution in [0.25, 0.3) is 5.76 Å². The molecular weight excluding hydrogens is 435 g/mol. The van der Waals surface area contributed by atoms with E-state index in [0.717, 1.165) is 24.3 Å². The molecule has 1 unspecified atom stereocenters. The largest absolute Gasteiger partial charge is 0.507 e. The summed E-state index contributed by atoms with van der Waals surface area (Å²) in [6, 6.07) is 11.7. The molecule has 1 amide bonds. The first-order chi connectivity index (χ1) is 14.8. The SMILES string of the molecule is CCCN1C(=O)C(=O)/C(=C(\O)c2ccc(Cl)c(Cl)c2)C1c1ccc(N(CC)CC)cc1. The minimum Gasteiger partial charge on any atom is -0.507 e. The van der Waals surface area contributed by atoms with E-state index < -0.39 is 17.7 Å². The van der Waals surface area contributed by atoms with Crippen molar-refractivity contribution < 1.29 is 14.7 Å². The molecule has 1 aliphatic rings. The standard InChI is InChI=1S/C24H26Cl2N2O3/c1-4-13-28-21(15-7-10-17(11-8-15)27(5-2)6-3)20(23(30)24(28)31)22(29)16-9-12-18(25)19(26)14-16/h7-12,14,21,29H,4-6,13H2,1-3H3/b22-20-. The molecule has 31 heavy (non-hydrogen) atoms. The number of anilines is 1. The molecule has 1 aliphatic heterocycles. The maximum absolute atomic E-state index is 12.9. The molecule has 1 N–H and O–H groups in total. The van der Waals surface area contributed by atoms with Crippen molar-refractivity contribution in [2.45, 2.75) is 33.2 Å². The highest BCUT2D eigenvalue weighted by molar-refractivity contribution is 6.46. The molecule has 1 heterocycles. The summed E-state index contributed by atoms with van der Waals surface area (Å²) in [5.74, 6) is -1.57. The summed E-state index contributed by atoms with van der Waals surface area (Å²) < 4.78 is 0. The second kappa shape index (κ2) is 9.75. The quantitative estimate of drug-likeness (QED) is 0.328. The van der Waals surface area contributed by atoms with E-state index in [1.54, 1.807) is 12.1 Å². The minimum atomic E-state index is -0.699. The van der Waals surface area contributed by atoms with Crippen LogP contribution < -0.4 is 4.90 Å². The van der Waals surface area contributed by atoms with Gasteiger partial charge in [-0.2, -0.15) is 0 Å². The lowest BCUT2D eigenvalue weighted by Gasteiger charge is -2.26. The lowest BCUT2D eigenvalue weighted by molar-refractivity contribution is -0.139. The topological polar surface area (TPSA) is 60.9 Å². The molecule has 0 saturated carbocycles. The Labute approximate surface area is 192 Å². The molecule has 5 nitrogen and oxygen atoms in total. The van der Waals surface area contributed by atoms with Crippen LogP contribution in [0.5, 0.6) is 0 Å². The average molecular weight is 461 g/mol. The maximum Gasteiger partial charge on any atom is 0.295 e. The highest BCUT2D eigenvalue weighted by atomic mass is 35.5. The Morgan fingerprint density at radius 1 is 1.00 bits per heavy atom. The summed E-state index contributed by atoms with van der Waals surface area (Å²) in [6.07, 6.45) is 0.688. The Hall–Kier alpha value is -2.50.